The van der Waals surface area contributed by atoms with Gasteiger partial charge in [0.25, 0.3) is 5.91 Å². The van der Waals surface area contributed by atoms with Crippen molar-refractivity contribution in [2.45, 2.75) is 58.2 Å². The molecule has 1 N–H and O–H groups in total. The summed E-state index contributed by atoms with van der Waals surface area (Å²) in [5, 5.41) is 2.90. The second-order valence-corrected chi connectivity index (χ2v) is 7.25. The fraction of sp³-hybridized carbons (Fsp3) is 0.391. The number of ether oxygens (including phenoxy) is 2. The first-order valence-electron chi connectivity index (χ1n) is 9.87. The second kappa shape index (κ2) is 9.40. The number of carbonyl (C=O) groups is 2. The predicted octanol–water partition coefficient (Wildman–Crippen LogP) is 4.89. The highest BCUT2D eigenvalue weighted by Crippen LogP contribution is 2.22. The minimum atomic E-state index is -0.687. The molecule has 1 amide bonds. The maximum atomic E-state index is 12.4. The number of rotatable bonds is 6. The van der Waals surface area contributed by atoms with Crippen LogP contribution in [-0.2, 0) is 9.53 Å². The van der Waals surface area contributed by atoms with Gasteiger partial charge in [0.15, 0.2) is 6.10 Å². The summed E-state index contributed by atoms with van der Waals surface area (Å²) in [5.74, 6) is -0.000542. The van der Waals surface area contributed by atoms with Crippen molar-refractivity contribution in [3.63, 3.8) is 0 Å². The highest BCUT2D eigenvalue weighted by atomic mass is 16.6. The lowest BCUT2D eigenvalue weighted by molar-refractivity contribution is -0.158. The van der Waals surface area contributed by atoms with E-state index in [1.807, 2.05) is 31.2 Å². The van der Waals surface area contributed by atoms with Gasteiger partial charge in [-0.25, -0.2) is 4.79 Å². The molecule has 1 fully saturated rings. The smallest absolute Gasteiger partial charge is 0.347 e. The lowest BCUT2D eigenvalue weighted by Crippen LogP contribution is -2.31. The molecule has 1 aliphatic carbocycles. The van der Waals surface area contributed by atoms with Gasteiger partial charge in [-0.1, -0.05) is 24.6 Å². The summed E-state index contributed by atoms with van der Waals surface area (Å²) in [6, 6.07) is 14.4. The normalized spacial score (nSPS) is 15.5. The van der Waals surface area contributed by atoms with Gasteiger partial charge in [0, 0.05) is 11.3 Å². The first-order chi connectivity index (χ1) is 13.5. The van der Waals surface area contributed by atoms with Gasteiger partial charge in [0.2, 0.25) is 0 Å². The lowest BCUT2D eigenvalue weighted by Gasteiger charge is -2.23. The topological polar surface area (TPSA) is 64.6 Å². The number of benzene rings is 2. The largest absolute Gasteiger partial charge is 0.479 e. The summed E-state index contributed by atoms with van der Waals surface area (Å²) in [6.07, 6.45) is 4.63. The van der Waals surface area contributed by atoms with Crippen molar-refractivity contribution < 1.29 is 19.1 Å². The molecule has 0 heterocycles. The van der Waals surface area contributed by atoms with Gasteiger partial charge in [-0.2, -0.15) is 0 Å². The molecule has 1 atom stereocenters. The lowest BCUT2D eigenvalue weighted by atomic mass is 9.98. The minimum absolute atomic E-state index is 0.0137. The standard InChI is InChI=1S/C23H27NO4/c1-16-8-6-7-11-21(16)24-22(25)18-12-14-20(15-13-18)27-17(2)23(26)28-19-9-4-3-5-10-19/h6-8,11-15,17,19H,3-5,9-10H2,1-2H3,(H,24,25)/t17-/m0/s1. The van der Waals surface area contributed by atoms with Crippen molar-refractivity contribution in [1.29, 1.82) is 0 Å². The Morgan fingerprint density at radius 1 is 1.00 bits per heavy atom. The molecule has 0 aromatic heterocycles. The van der Waals surface area contributed by atoms with Crippen LogP contribution in [0.4, 0.5) is 5.69 Å². The average Bonchev–Trinajstić information content (AvgIpc) is 2.71. The molecular formula is C23H27NO4. The number of amides is 1. The van der Waals surface area contributed by atoms with Crippen molar-refractivity contribution in [2.24, 2.45) is 0 Å². The van der Waals surface area contributed by atoms with E-state index in [1.54, 1.807) is 31.2 Å². The number of aryl methyl sites for hydroxylation is 1. The van der Waals surface area contributed by atoms with E-state index in [2.05, 4.69) is 5.32 Å². The first-order valence-corrected chi connectivity index (χ1v) is 9.87. The quantitative estimate of drug-likeness (QED) is 0.724. The molecule has 2 aromatic carbocycles. The van der Waals surface area contributed by atoms with Crippen LogP contribution in [0.25, 0.3) is 0 Å². The van der Waals surface area contributed by atoms with Crippen molar-refractivity contribution in [3.8, 4) is 5.75 Å². The number of nitrogens with one attached hydrogen (secondary N) is 1. The van der Waals surface area contributed by atoms with E-state index in [9.17, 15) is 9.59 Å². The Balaban J connectivity index is 1.54. The summed E-state index contributed by atoms with van der Waals surface area (Å²) >= 11 is 0. The van der Waals surface area contributed by atoms with Crippen LogP contribution in [0.1, 0.15) is 54.9 Å². The Labute approximate surface area is 166 Å². The predicted molar refractivity (Wildman–Crippen MR) is 109 cm³/mol. The number of esters is 1. The van der Waals surface area contributed by atoms with Gasteiger partial charge in [0.05, 0.1) is 0 Å². The van der Waals surface area contributed by atoms with Crippen LogP contribution in [-0.4, -0.2) is 24.1 Å². The Kier molecular flexibility index (Phi) is 6.69. The fourth-order valence-corrected chi connectivity index (χ4v) is 3.29. The van der Waals surface area contributed by atoms with Crippen molar-refractivity contribution in [2.75, 3.05) is 5.32 Å². The molecule has 5 heteroatoms. The third-order valence-electron chi connectivity index (χ3n) is 4.99. The van der Waals surface area contributed by atoms with Gasteiger partial charge < -0.3 is 14.8 Å². The van der Waals surface area contributed by atoms with Crippen LogP contribution in [0, 0.1) is 6.92 Å². The molecule has 28 heavy (non-hydrogen) atoms. The summed E-state index contributed by atoms with van der Waals surface area (Å²) in [4.78, 5) is 24.6. The van der Waals surface area contributed by atoms with Gasteiger partial charge in [-0.15, -0.1) is 0 Å². The maximum Gasteiger partial charge on any atom is 0.347 e. The molecule has 1 saturated carbocycles. The molecular weight excluding hydrogens is 354 g/mol. The zero-order valence-electron chi connectivity index (χ0n) is 16.4. The zero-order chi connectivity index (χ0) is 19.9. The van der Waals surface area contributed by atoms with Crippen molar-refractivity contribution in [3.05, 3.63) is 59.7 Å². The van der Waals surface area contributed by atoms with Crippen LogP contribution >= 0.6 is 0 Å². The SMILES string of the molecule is Cc1ccccc1NC(=O)c1ccc(O[C@@H](C)C(=O)OC2CCCCC2)cc1. The van der Waals surface area contributed by atoms with Crippen LogP contribution < -0.4 is 10.1 Å². The molecule has 0 radical (unpaired) electrons. The first kappa shape index (κ1) is 19.9. The molecule has 0 saturated heterocycles. The summed E-state index contributed by atoms with van der Waals surface area (Å²) in [7, 11) is 0. The molecule has 0 bridgehead atoms. The average molecular weight is 381 g/mol. The number of hydrogen-bond donors (Lipinski definition) is 1. The maximum absolute atomic E-state index is 12.4. The van der Waals surface area contributed by atoms with Crippen LogP contribution in [0.15, 0.2) is 48.5 Å². The highest BCUT2D eigenvalue weighted by Gasteiger charge is 2.23. The van der Waals surface area contributed by atoms with E-state index >= 15 is 0 Å². The number of carbonyl (C=O) groups excluding carboxylic acids is 2. The monoisotopic (exact) mass is 381 g/mol. The van der Waals surface area contributed by atoms with Gasteiger partial charge in [0.1, 0.15) is 11.9 Å². The van der Waals surface area contributed by atoms with E-state index in [4.69, 9.17) is 9.47 Å². The molecule has 3 rings (SSSR count). The highest BCUT2D eigenvalue weighted by molar-refractivity contribution is 6.04. The van der Waals surface area contributed by atoms with Crippen LogP contribution in [0.5, 0.6) is 5.75 Å². The Bertz CT molecular complexity index is 810. The molecule has 1 aliphatic rings. The van der Waals surface area contributed by atoms with Crippen molar-refractivity contribution in [1.82, 2.24) is 0 Å². The molecule has 5 nitrogen and oxygen atoms in total. The Hall–Kier alpha value is -2.82. The molecule has 148 valence electrons. The van der Waals surface area contributed by atoms with E-state index in [1.165, 1.54) is 6.42 Å². The molecule has 2 aromatic rings. The van der Waals surface area contributed by atoms with Gasteiger partial charge in [-0.3, -0.25) is 4.79 Å². The third kappa shape index (κ3) is 5.35. The number of anilines is 1. The Morgan fingerprint density at radius 3 is 2.36 bits per heavy atom. The van der Waals surface area contributed by atoms with Gasteiger partial charge >= 0.3 is 5.97 Å². The van der Waals surface area contributed by atoms with E-state index in [-0.39, 0.29) is 18.0 Å². The molecule has 0 unspecified atom stereocenters. The summed E-state index contributed by atoms with van der Waals surface area (Å²) in [5.41, 5.74) is 2.31. The zero-order valence-corrected chi connectivity index (χ0v) is 16.4. The van der Waals surface area contributed by atoms with E-state index < -0.39 is 6.10 Å². The number of hydrogen-bond acceptors (Lipinski definition) is 4. The Morgan fingerprint density at radius 2 is 1.68 bits per heavy atom. The van der Waals surface area contributed by atoms with Crippen LogP contribution in [0.3, 0.4) is 0 Å². The van der Waals surface area contributed by atoms with E-state index in [0.29, 0.717) is 11.3 Å². The fourth-order valence-electron chi connectivity index (χ4n) is 3.29. The van der Waals surface area contributed by atoms with E-state index in [0.717, 1.165) is 36.9 Å². The minimum Gasteiger partial charge on any atom is -0.479 e. The second-order valence-electron chi connectivity index (χ2n) is 7.25. The third-order valence-corrected chi connectivity index (χ3v) is 4.99. The molecule has 0 aliphatic heterocycles. The number of para-hydroxylation sites is 1. The van der Waals surface area contributed by atoms with Gasteiger partial charge in [-0.05, 0) is 75.4 Å². The van der Waals surface area contributed by atoms with Crippen LogP contribution in [0.2, 0.25) is 0 Å². The van der Waals surface area contributed by atoms with Crippen molar-refractivity contribution >= 4 is 17.6 Å². The molecule has 0 spiro atoms. The summed E-state index contributed by atoms with van der Waals surface area (Å²) in [6.45, 7) is 3.63. The summed E-state index contributed by atoms with van der Waals surface area (Å²) < 4.78 is 11.2.